The van der Waals surface area contributed by atoms with Gasteiger partial charge in [0.05, 0.1) is 12.6 Å². The van der Waals surface area contributed by atoms with Crippen LogP contribution in [0.2, 0.25) is 5.02 Å². The van der Waals surface area contributed by atoms with Crippen molar-refractivity contribution in [3.8, 4) is 5.75 Å². The average molecular weight is 373 g/mol. The first-order valence-corrected chi connectivity index (χ1v) is 9.18. The van der Waals surface area contributed by atoms with E-state index >= 15 is 0 Å². The van der Waals surface area contributed by atoms with Gasteiger partial charge in [-0.05, 0) is 37.1 Å². The second-order valence-corrected chi connectivity index (χ2v) is 7.11. The van der Waals surface area contributed by atoms with Crippen LogP contribution in [0.15, 0.2) is 51.7 Å². The Kier molecular flexibility index (Phi) is 4.74. The van der Waals surface area contributed by atoms with Crippen molar-refractivity contribution in [1.29, 1.82) is 0 Å². The topological polar surface area (TPSA) is 47.6 Å². The minimum absolute atomic E-state index is 0.135. The number of rotatable bonds is 4. The van der Waals surface area contributed by atoms with Gasteiger partial charge in [-0.25, -0.2) is 4.79 Å². The van der Waals surface area contributed by atoms with Gasteiger partial charge in [-0.2, -0.15) is 0 Å². The number of methoxy groups -OCH3 is 1. The molecule has 0 bridgehead atoms. The van der Waals surface area contributed by atoms with Crippen molar-refractivity contribution < 1.29 is 9.15 Å². The molecule has 0 radical (unpaired) electrons. The molecule has 3 aromatic rings. The summed E-state index contributed by atoms with van der Waals surface area (Å²) < 4.78 is 12.6. The highest BCUT2D eigenvalue weighted by molar-refractivity contribution is 6.31. The highest BCUT2D eigenvalue weighted by Crippen LogP contribution is 2.29. The lowest BCUT2D eigenvalue weighted by atomic mass is 10.0. The van der Waals surface area contributed by atoms with E-state index in [0.717, 1.165) is 43.7 Å². The number of piperidine rings is 1. The molecule has 4 rings (SSSR count). The van der Waals surface area contributed by atoms with Crippen LogP contribution in [-0.2, 0) is 6.54 Å². The van der Waals surface area contributed by atoms with E-state index in [2.05, 4.69) is 11.0 Å². The number of ether oxygens (including phenoxy) is 1. The van der Waals surface area contributed by atoms with Crippen LogP contribution in [0.25, 0.3) is 11.1 Å². The minimum atomic E-state index is -0.301. The number of para-hydroxylation sites is 1. The molecule has 2 aromatic carbocycles. The fourth-order valence-corrected chi connectivity index (χ4v) is 3.93. The van der Waals surface area contributed by atoms with Gasteiger partial charge in [-0.15, -0.1) is 0 Å². The van der Waals surface area contributed by atoms with Crippen molar-refractivity contribution in [3.63, 3.8) is 0 Å². The highest BCUT2D eigenvalue weighted by atomic mass is 35.5. The number of oxazole rings is 1. The van der Waals surface area contributed by atoms with Gasteiger partial charge in [0.1, 0.15) is 5.75 Å². The van der Waals surface area contributed by atoms with Crippen LogP contribution in [0.5, 0.6) is 5.75 Å². The van der Waals surface area contributed by atoms with Crippen LogP contribution in [0.3, 0.4) is 0 Å². The number of fused-ring (bicyclic) bond motifs is 1. The summed E-state index contributed by atoms with van der Waals surface area (Å²) in [5, 5.41) is 0.612. The molecule has 0 saturated carbocycles. The average Bonchev–Trinajstić information content (AvgIpc) is 2.98. The Morgan fingerprint density at radius 1 is 1.19 bits per heavy atom. The predicted octanol–water partition coefficient (Wildman–Crippen LogP) is 4.09. The first-order valence-electron chi connectivity index (χ1n) is 8.80. The summed E-state index contributed by atoms with van der Waals surface area (Å²) in [5.74, 6) is 0.617. The van der Waals surface area contributed by atoms with Crippen LogP contribution < -0.4 is 10.5 Å². The molecule has 0 unspecified atom stereocenters. The molecule has 0 aliphatic carbocycles. The zero-order valence-corrected chi connectivity index (χ0v) is 15.4. The van der Waals surface area contributed by atoms with Crippen molar-refractivity contribution >= 4 is 22.7 Å². The smallest absolute Gasteiger partial charge is 0.420 e. The summed E-state index contributed by atoms with van der Waals surface area (Å²) in [6, 6.07) is 13.5. The number of nitrogens with zero attached hydrogens (tertiary/aromatic N) is 2. The van der Waals surface area contributed by atoms with E-state index in [4.69, 9.17) is 20.8 Å². The Hall–Kier alpha value is -2.24. The van der Waals surface area contributed by atoms with Crippen LogP contribution in [0.4, 0.5) is 0 Å². The quantitative estimate of drug-likeness (QED) is 0.692. The molecule has 1 aliphatic rings. The molecule has 1 saturated heterocycles. The third-order valence-corrected chi connectivity index (χ3v) is 5.32. The number of halogens is 1. The van der Waals surface area contributed by atoms with Gasteiger partial charge in [-0.3, -0.25) is 9.47 Å². The summed E-state index contributed by atoms with van der Waals surface area (Å²) in [6.45, 7) is 2.69. The van der Waals surface area contributed by atoms with Gasteiger partial charge < -0.3 is 9.15 Å². The molecule has 2 heterocycles. The zero-order valence-electron chi connectivity index (χ0n) is 14.7. The molecular weight excluding hydrogens is 352 g/mol. The molecule has 136 valence electrons. The number of aromatic nitrogens is 1. The molecule has 1 fully saturated rings. The molecule has 1 aromatic heterocycles. The monoisotopic (exact) mass is 372 g/mol. The number of hydrogen-bond acceptors (Lipinski definition) is 4. The van der Waals surface area contributed by atoms with Crippen molar-refractivity contribution in [2.24, 2.45) is 0 Å². The summed E-state index contributed by atoms with van der Waals surface area (Å²) in [7, 11) is 1.70. The van der Waals surface area contributed by atoms with Gasteiger partial charge in [0.25, 0.3) is 0 Å². The maximum atomic E-state index is 12.3. The molecule has 0 atom stereocenters. The molecule has 0 amide bonds. The Bertz CT molecular complexity index is 971. The van der Waals surface area contributed by atoms with Gasteiger partial charge in [0.15, 0.2) is 5.58 Å². The standard InChI is InChI=1S/C20H21ClN2O3/c1-25-18-5-3-2-4-14(18)13-22-10-8-16(9-11-22)23-17-12-15(21)6-7-19(17)26-20(23)24/h2-7,12,16H,8-11,13H2,1H3. The third-order valence-electron chi connectivity index (χ3n) is 5.08. The fourth-order valence-electron chi connectivity index (χ4n) is 3.76. The van der Waals surface area contributed by atoms with Crippen LogP contribution >= 0.6 is 11.6 Å². The van der Waals surface area contributed by atoms with Crippen LogP contribution in [0, 0.1) is 0 Å². The molecule has 6 heteroatoms. The minimum Gasteiger partial charge on any atom is -0.496 e. The SMILES string of the molecule is COc1ccccc1CN1CCC(n2c(=O)oc3ccc(Cl)cc32)CC1. The Morgan fingerprint density at radius 2 is 1.96 bits per heavy atom. The van der Waals surface area contributed by atoms with Gasteiger partial charge in [0, 0.05) is 36.3 Å². The third kappa shape index (κ3) is 3.24. The first-order chi connectivity index (χ1) is 12.7. The molecule has 26 heavy (non-hydrogen) atoms. The van der Waals surface area contributed by atoms with Crippen molar-refractivity contribution in [2.45, 2.75) is 25.4 Å². The van der Waals surface area contributed by atoms with Crippen molar-refractivity contribution in [3.05, 3.63) is 63.6 Å². The van der Waals surface area contributed by atoms with E-state index < -0.39 is 0 Å². The molecule has 0 N–H and O–H groups in total. The predicted molar refractivity (Wildman–Crippen MR) is 102 cm³/mol. The molecular formula is C20H21ClN2O3. The second kappa shape index (κ2) is 7.17. The number of hydrogen-bond donors (Lipinski definition) is 0. The van der Waals surface area contributed by atoms with Crippen molar-refractivity contribution in [2.75, 3.05) is 20.2 Å². The number of likely N-dealkylation sites (tertiary alicyclic amines) is 1. The van der Waals surface area contributed by atoms with Crippen LogP contribution in [0.1, 0.15) is 24.4 Å². The van der Waals surface area contributed by atoms with E-state index in [0.29, 0.717) is 10.6 Å². The van der Waals surface area contributed by atoms with E-state index in [9.17, 15) is 4.79 Å². The van der Waals surface area contributed by atoms with E-state index in [1.54, 1.807) is 23.8 Å². The summed E-state index contributed by atoms with van der Waals surface area (Å²) in [4.78, 5) is 14.7. The lowest BCUT2D eigenvalue weighted by Gasteiger charge is -2.32. The summed E-state index contributed by atoms with van der Waals surface area (Å²) in [5.41, 5.74) is 2.56. The molecule has 0 spiro atoms. The number of benzene rings is 2. The zero-order chi connectivity index (χ0) is 18.1. The normalized spacial score (nSPS) is 16.2. The molecule has 5 nitrogen and oxygen atoms in total. The van der Waals surface area contributed by atoms with Crippen molar-refractivity contribution in [1.82, 2.24) is 9.47 Å². The lowest BCUT2D eigenvalue weighted by Crippen LogP contribution is -2.36. The van der Waals surface area contributed by atoms with Gasteiger partial charge >= 0.3 is 5.76 Å². The summed E-state index contributed by atoms with van der Waals surface area (Å²) in [6.07, 6.45) is 1.80. The van der Waals surface area contributed by atoms with Gasteiger partial charge in [0.2, 0.25) is 0 Å². The van der Waals surface area contributed by atoms with Crippen LogP contribution in [-0.4, -0.2) is 29.7 Å². The van der Waals surface area contributed by atoms with E-state index in [1.807, 2.05) is 24.3 Å². The first kappa shape index (κ1) is 17.2. The Labute approximate surface area is 156 Å². The highest BCUT2D eigenvalue weighted by Gasteiger charge is 2.25. The maximum Gasteiger partial charge on any atom is 0.420 e. The largest absolute Gasteiger partial charge is 0.496 e. The lowest BCUT2D eigenvalue weighted by molar-refractivity contribution is 0.176. The molecule has 1 aliphatic heterocycles. The fraction of sp³-hybridized carbons (Fsp3) is 0.350. The second-order valence-electron chi connectivity index (χ2n) is 6.67. The maximum absolute atomic E-state index is 12.3. The Balaban J connectivity index is 1.50. The van der Waals surface area contributed by atoms with E-state index in [-0.39, 0.29) is 11.8 Å². The van der Waals surface area contributed by atoms with Gasteiger partial charge in [-0.1, -0.05) is 29.8 Å². The summed E-state index contributed by atoms with van der Waals surface area (Å²) >= 11 is 6.10. The van der Waals surface area contributed by atoms with E-state index in [1.165, 1.54) is 5.56 Å². The Morgan fingerprint density at radius 3 is 2.73 bits per heavy atom.